The van der Waals surface area contributed by atoms with Crippen molar-refractivity contribution in [2.45, 2.75) is 38.2 Å². The van der Waals surface area contributed by atoms with E-state index in [1.807, 2.05) is 18.2 Å². The Balaban J connectivity index is 2.00. The summed E-state index contributed by atoms with van der Waals surface area (Å²) in [4.78, 5) is 0. The molecule has 0 amide bonds. The zero-order valence-corrected chi connectivity index (χ0v) is 11.0. The van der Waals surface area contributed by atoms with Gasteiger partial charge in [-0.05, 0) is 46.6 Å². The largest absolute Gasteiger partial charge is 0.388 e. The van der Waals surface area contributed by atoms with E-state index in [-0.39, 0.29) is 6.10 Å². The van der Waals surface area contributed by atoms with Crippen LogP contribution < -0.4 is 0 Å². The van der Waals surface area contributed by atoms with Gasteiger partial charge in [0.05, 0.1) is 6.10 Å². The molecule has 15 heavy (non-hydrogen) atoms. The number of hydrogen-bond donors (Lipinski definition) is 1. The molecule has 1 aromatic rings. The molecule has 1 N–H and O–H groups in total. The summed E-state index contributed by atoms with van der Waals surface area (Å²) in [6.07, 6.45) is 5.99. The number of rotatable bonds is 3. The van der Waals surface area contributed by atoms with E-state index in [1.165, 1.54) is 29.3 Å². The Kier molecular flexibility index (Phi) is 4.03. The molecule has 82 valence electrons. The van der Waals surface area contributed by atoms with Crippen LogP contribution in [0, 0.1) is 9.49 Å². The summed E-state index contributed by atoms with van der Waals surface area (Å²) in [5, 5.41) is 10.2. The summed E-state index contributed by atoms with van der Waals surface area (Å²) >= 11 is 2.30. The zero-order valence-electron chi connectivity index (χ0n) is 8.82. The van der Waals surface area contributed by atoms with Crippen LogP contribution in [-0.2, 0) is 0 Å². The molecular weight excluding hydrogens is 299 g/mol. The molecule has 1 aliphatic carbocycles. The van der Waals surface area contributed by atoms with E-state index in [0.717, 1.165) is 17.9 Å². The number of aliphatic hydroxyl groups excluding tert-OH is 1. The monoisotopic (exact) mass is 316 g/mol. The summed E-state index contributed by atoms with van der Waals surface area (Å²) in [5.41, 5.74) is 1.10. The molecule has 2 heteroatoms. The van der Waals surface area contributed by atoms with Gasteiger partial charge in [0.15, 0.2) is 0 Å². The van der Waals surface area contributed by atoms with Crippen LogP contribution in [0.5, 0.6) is 0 Å². The molecule has 0 bridgehead atoms. The number of hydrogen-bond acceptors (Lipinski definition) is 1. The molecule has 0 aromatic heterocycles. The van der Waals surface area contributed by atoms with Crippen LogP contribution in [0.25, 0.3) is 0 Å². The second kappa shape index (κ2) is 5.30. The highest BCUT2D eigenvalue weighted by Gasteiger charge is 2.20. The van der Waals surface area contributed by atoms with Crippen molar-refractivity contribution in [1.82, 2.24) is 0 Å². The van der Waals surface area contributed by atoms with Crippen LogP contribution in [-0.4, -0.2) is 5.11 Å². The average Bonchev–Trinajstić information content (AvgIpc) is 2.71. The van der Waals surface area contributed by atoms with Crippen LogP contribution in [0.3, 0.4) is 0 Å². The van der Waals surface area contributed by atoms with Crippen molar-refractivity contribution >= 4 is 22.6 Å². The van der Waals surface area contributed by atoms with E-state index in [2.05, 4.69) is 28.7 Å². The Bertz CT molecular complexity index is 318. The standard InChI is InChI=1S/C13H17IO/c14-12-8-4-3-7-11(12)13(15)9-10-5-1-2-6-10/h3-4,7-8,10,13,15H,1-2,5-6,9H2. The average molecular weight is 316 g/mol. The van der Waals surface area contributed by atoms with Crippen molar-refractivity contribution in [1.29, 1.82) is 0 Å². The van der Waals surface area contributed by atoms with Crippen molar-refractivity contribution in [3.8, 4) is 0 Å². The Labute approximate surface area is 105 Å². The highest BCUT2D eigenvalue weighted by molar-refractivity contribution is 14.1. The van der Waals surface area contributed by atoms with Crippen LogP contribution in [0.2, 0.25) is 0 Å². The molecule has 1 fully saturated rings. The molecule has 1 atom stereocenters. The SMILES string of the molecule is OC(CC1CCCC1)c1ccccc1I. The molecule has 1 saturated carbocycles. The molecule has 0 heterocycles. The quantitative estimate of drug-likeness (QED) is 0.839. The zero-order chi connectivity index (χ0) is 10.7. The second-order valence-corrected chi connectivity index (χ2v) is 5.59. The smallest absolute Gasteiger partial charge is 0.0802 e. The van der Waals surface area contributed by atoms with Gasteiger partial charge < -0.3 is 5.11 Å². The molecule has 1 aliphatic rings. The van der Waals surface area contributed by atoms with Gasteiger partial charge in [0.25, 0.3) is 0 Å². The minimum Gasteiger partial charge on any atom is -0.388 e. The molecule has 0 aliphatic heterocycles. The van der Waals surface area contributed by atoms with Crippen LogP contribution in [0.15, 0.2) is 24.3 Å². The third-order valence-corrected chi connectivity index (χ3v) is 4.28. The maximum absolute atomic E-state index is 10.2. The van der Waals surface area contributed by atoms with Crippen molar-refractivity contribution in [2.75, 3.05) is 0 Å². The lowest BCUT2D eigenvalue weighted by Crippen LogP contribution is -2.05. The molecule has 1 unspecified atom stereocenters. The first-order chi connectivity index (χ1) is 7.27. The predicted octanol–water partition coefficient (Wildman–Crippen LogP) is 3.90. The molecule has 0 radical (unpaired) electrons. The first-order valence-electron chi connectivity index (χ1n) is 5.70. The first-order valence-corrected chi connectivity index (χ1v) is 6.77. The van der Waals surface area contributed by atoms with E-state index in [1.54, 1.807) is 0 Å². The molecular formula is C13H17IO. The third kappa shape index (κ3) is 2.94. The Morgan fingerprint density at radius 2 is 1.93 bits per heavy atom. The summed E-state index contributed by atoms with van der Waals surface area (Å²) < 4.78 is 1.18. The lowest BCUT2D eigenvalue weighted by Gasteiger charge is -2.16. The number of benzene rings is 1. The topological polar surface area (TPSA) is 20.2 Å². The maximum atomic E-state index is 10.2. The van der Waals surface area contributed by atoms with E-state index in [4.69, 9.17) is 0 Å². The van der Waals surface area contributed by atoms with Gasteiger partial charge in [0.1, 0.15) is 0 Å². The second-order valence-electron chi connectivity index (χ2n) is 4.42. The lowest BCUT2D eigenvalue weighted by atomic mass is 9.96. The van der Waals surface area contributed by atoms with E-state index in [9.17, 15) is 5.11 Å². The Hall–Kier alpha value is -0.0900. The third-order valence-electron chi connectivity index (χ3n) is 3.30. The van der Waals surface area contributed by atoms with Crippen molar-refractivity contribution in [3.63, 3.8) is 0 Å². The lowest BCUT2D eigenvalue weighted by molar-refractivity contribution is 0.144. The highest BCUT2D eigenvalue weighted by Crippen LogP contribution is 2.33. The normalized spacial score (nSPS) is 19.3. The molecule has 2 rings (SSSR count). The minimum absolute atomic E-state index is 0.263. The van der Waals surface area contributed by atoms with Crippen molar-refractivity contribution in [2.24, 2.45) is 5.92 Å². The Morgan fingerprint density at radius 1 is 1.27 bits per heavy atom. The van der Waals surface area contributed by atoms with Gasteiger partial charge in [0, 0.05) is 3.57 Å². The van der Waals surface area contributed by atoms with Gasteiger partial charge in [-0.1, -0.05) is 43.9 Å². The highest BCUT2D eigenvalue weighted by atomic mass is 127. The van der Waals surface area contributed by atoms with Crippen LogP contribution in [0.4, 0.5) is 0 Å². The fourth-order valence-electron chi connectivity index (χ4n) is 2.43. The predicted molar refractivity (Wildman–Crippen MR) is 70.7 cm³/mol. The van der Waals surface area contributed by atoms with Crippen LogP contribution in [0.1, 0.15) is 43.8 Å². The maximum Gasteiger partial charge on any atom is 0.0802 e. The summed E-state index contributed by atoms with van der Waals surface area (Å²) in [5.74, 6) is 0.746. The van der Waals surface area contributed by atoms with Gasteiger partial charge >= 0.3 is 0 Å². The van der Waals surface area contributed by atoms with Gasteiger partial charge in [0.2, 0.25) is 0 Å². The minimum atomic E-state index is -0.263. The molecule has 1 nitrogen and oxygen atoms in total. The van der Waals surface area contributed by atoms with E-state index < -0.39 is 0 Å². The van der Waals surface area contributed by atoms with Crippen molar-refractivity contribution in [3.05, 3.63) is 33.4 Å². The van der Waals surface area contributed by atoms with E-state index in [0.29, 0.717) is 0 Å². The molecule has 0 spiro atoms. The van der Waals surface area contributed by atoms with Crippen LogP contribution >= 0.6 is 22.6 Å². The number of halogens is 1. The van der Waals surface area contributed by atoms with Gasteiger partial charge in [-0.15, -0.1) is 0 Å². The summed E-state index contributed by atoms with van der Waals surface area (Å²) in [7, 11) is 0. The molecule has 1 aromatic carbocycles. The fourth-order valence-corrected chi connectivity index (χ4v) is 3.18. The summed E-state index contributed by atoms with van der Waals surface area (Å²) in [6.45, 7) is 0. The molecule has 0 saturated heterocycles. The Morgan fingerprint density at radius 3 is 2.60 bits per heavy atom. The van der Waals surface area contributed by atoms with Gasteiger partial charge in [-0.3, -0.25) is 0 Å². The van der Waals surface area contributed by atoms with Gasteiger partial charge in [-0.25, -0.2) is 0 Å². The van der Waals surface area contributed by atoms with Gasteiger partial charge in [-0.2, -0.15) is 0 Å². The number of aliphatic hydroxyl groups is 1. The van der Waals surface area contributed by atoms with E-state index >= 15 is 0 Å². The van der Waals surface area contributed by atoms with Crippen molar-refractivity contribution < 1.29 is 5.11 Å². The fraction of sp³-hybridized carbons (Fsp3) is 0.538. The summed E-state index contributed by atoms with van der Waals surface area (Å²) in [6, 6.07) is 8.14. The first kappa shape index (κ1) is 11.4.